The number of rotatable bonds is 4. The van der Waals surface area contributed by atoms with E-state index >= 15 is 0 Å². The van der Waals surface area contributed by atoms with Crippen molar-refractivity contribution in [3.8, 4) is 5.75 Å². The van der Waals surface area contributed by atoms with Crippen LogP contribution in [0.3, 0.4) is 0 Å². The van der Waals surface area contributed by atoms with Crippen LogP contribution in [0.1, 0.15) is 44.9 Å². The Morgan fingerprint density at radius 1 is 1.14 bits per heavy atom. The molecule has 0 radical (unpaired) electrons. The van der Waals surface area contributed by atoms with Crippen molar-refractivity contribution in [1.82, 2.24) is 9.62 Å². The smallest absolute Gasteiger partial charge is 0.262 e. The van der Waals surface area contributed by atoms with E-state index in [-0.39, 0.29) is 29.4 Å². The Morgan fingerprint density at radius 2 is 1.93 bits per heavy atom. The molecule has 1 aromatic rings. The maximum atomic E-state index is 13.2. The highest BCUT2D eigenvalue weighted by Gasteiger charge is 2.40. The number of ether oxygens (including phenoxy) is 1. The van der Waals surface area contributed by atoms with E-state index in [2.05, 4.69) is 10.6 Å². The fraction of sp³-hybridized carbons (Fsp3) is 0.579. The number of sulfonamides is 1. The molecule has 0 aromatic heterocycles. The molecule has 1 saturated heterocycles. The summed E-state index contributed by atoms with van der Waals surface area (Å²) in [7, 11) is -3.86. The van der Waals surface area contributed by atoms with Crippen molar-refractivity contribution in [3.05, 3.63) is 18.2 Å². The molecule has 1 unspecified atom stereocenters. The molecule has 8 nitrogen and oxygen atoms in total. The Labute approximate surface area is 164 Å². The van der Waals surface area contributed by atoms with E-state index < -0.39 is 16.1 Å². The lowest BCUT2D eigenvalue weighted by Crippen LogP contribution is -2.49. The molecule has 152 valence electrons. The van der Waals surface area contributed by atoms with Gasteiger partial charge in [-0.15, -0.1) is 0 Å². The number of hydrogen-bond acceptors (Lipinski definition) is 5. The first-order chi connectivity index (χ1) is 13.4. The Balaban J connectivity index is 1.53. The standard InChI is InChI=1S/C19H25N3O5S/c23-18-12-27-17-9-8-14(11-15(17)21-18)28(25,26)22-10-4-7-16(22)19(24)20-13-5-2-1-3-6-13/h8-9,11,13,16H,1-7,10,12H2,(H,20,24)(H,21,23). The zero-order valence-electron chi connectivity index (χ0n) is 15.6. The minimum Gasteiger partial charge on any atom is -0.482 e. The summed E-state index contributed by atoms with van der Waals surface area (Å²) in [4.78, 5) is 24.4. The Kier molecular flexibility index (Phi) is 5.29. The number of nitrogens with one attached hydrogen (secondary N) is 2. The molecule has 4 rings (SSSR count). The van der Waals surface area contributed by atoms with Crippen molar-refractivity contribution in [2.45, 2.75) is 61.9 Å². The first-order valence-electron chi connectivity index (χ1n) is 9.84. The quantitative estimate of drug-likeness (QED) is 0.789. The van der Waals surface area contributed by atoms with Crippen LogP contribution < -0.4 is 15.4 Å². The predicted molar refractivity (Wildman–Crippen MR) is 102 cm³/mol. The van der Waals surface area contributed by atoms with Crippen LogP contribution in [0.4, 0.5) is 5.69 Å². The summed E-state index contributed by atoms with van der Waals surface area (Å²) in [6.45, 7) is 0.222. The minimum absolute atomic E-state index is 0.0504. The summed E-state index contributed by atoms with van der Waals surface area (Å²) >= 11 is 0. The highest BCUT2D eigenvalue weighted by molar-refractivity contribution is 7.89. The average molecular weight is 407 g/mol. The first-order valence-corrected chi connectivity index (χ1v) is 11.3. The molecule has 1 atom stereocenters. The van der Waals surface area contributed by atoms with Crippen LogP contribution in [0, 0.1) is 0 Å². The molecule has 9 heteroatoms. The summed E-state index contributed by atoms with van der Waals surface area (Å²) in [6, 6.07) is 3.85. The van der Waals surface area contributed by atoms with Gasteiger partial charge in [-0.25, -0.2) is 8.42 Å². The van der Waals surface area contributed by atoms with Crippen molar-refractivity contribution >= 4 is 27.5 Å². The van der Waals surface area contributed by atoms with E-state index in [4.69, 9.17) is 4.74 Å². The molecule has 1 aromatic carbocycles. The van der Waals surface area contributed by atoms with Crippen molar-refractivity contribution in [2.75, 3.05) is 18.5 Å². The second kappa shape index (κ2) is 7.71. The lowest BCUT2D eigenvalue weighted by Gasteiger charge is -2.28. The highest BCUT2D eigenvalue weighted by Crippen LogP contribution is 2.33. The van der Waals surface area contributed by atoms with Crippen LogP contribution in [-0.4, -0.2) is 49.8 Å². The SMILES string of the molecule is O=C1COc2ccc(S(=O)(=O)N3CCCC3C(=O)NC3CCCCC3)cc2N1. The second-order valence-corrected chi connectivity index (χ2v) is 9.50. The number of anilines is 1. The van der Waals surface area contributed by atoms with E-state index in [1.54, 1.807) is 0 Å². The predicted octanol–water partition coefficient (Wildman–Crippen LogP) is 1.62. The normalized spacial score (nSPS) is 23.6. The molecule has 1 aliphatic carbocycles. The molecule has 2 heterocycles. The molecular formula is C19H25N3O5S. The molecule has 2 amide bonds. The number of benzene rings is 1. The zero-order valence-corrected chi connectivity index (χ0v) is 16.5. The Morgan fingerprint density at radius 3 is 2.71 bits per heavy atom. The minimum atomic E-state index is -3.86. The number of nitrogens with zero attached hydrogens (tertiary/aromatic N) is 1. The summed E-state index contributed by atoms with van der Waals surface area (Å²) in [5.74, 6) is -0.0953. The van der Waals surface area contributed by atoms with Gasteiger partial charge in [-0.2, -0.15) is 4.31 Å². The van der Waals surface area contributed by atoms with Crippen LogP contribution >= 0.6 is 0 Å². The van der Waals surface area contributed by atoms with Crippen LogP contribution in [-0.2, 0) is 19.6 Å². The lowest BCUT2D eigenvalue weighted by atomic mass is 9.95. The highest BCUT2D eigenvalue weighted by atomic mass is 32.2. The van der Waals surface area contributed by atoms with Crippen molar-refractivity contribution in [1.29, 1.82) is 0 Å². The molecule has 3 aliphatic rings. The van der Waals surface area contributed by atoms with Gasteiger partial charge in [0, 0.05) is 12.6 Å². The van der Waals surface area contributed by atoms with E-state index in [0.29, 0.717) is 30.8 Å². The maximum Gasteiger partial charge on any atom is 0.262 e. The molecular weight excluding hydrogens is 382 g/mol. The van der Waals surface area contributed by atoms with Crippen LogP contribution in [0.2, 0.25) is 0 Å². The lowest BCUT2D eigenvalue weighted by molar-refractivity contribution is -0.125. The first kappa shape index (κ1) is 19.2. The van der Waals surface area contributed by atoms with Gasteiger partial charge >= 0.3 is 0 Å². The van der Waals surface area contributed by atoms with Gasteiger partial charge in [-0.05, 0) is 43.9 Å². The van der Waals surface area contributed by atoms with Gasteiger partial charge < -0.3 is 15.4 Å². The molecule has 2 aliphatic heterocycles. The third-order valence-corrected chi connectivity index (χ3v) is 7.55. The molecule has 28 heavy (non-hydrogen) atoms. The maximum absolute atomic E-state index is 13.2. The monoisotopic (exact) mass is 407 g/mol. The van der Waals surface area contributed by atoms with E-state index in [0.717, 1.165) is 25.7 Å². The van der Waals surface area contributed by atoms with E-state index in [1.165, 1.54) is 28.9 Å². The van der Waals surface area contributed by atoms with Gasteiger partial charge in [0.25, 0.3) is 5.91 Å². The van der Waals surface area contributed by atoms with E-state index in [9.17, 15) is 18.0 Å². The number of amides is 2. The Hall–Kier alpha value is -2.13. The molecule has 0 bridgehead atoms. The fourth-order valence-electron chi connectivity index (χ4n) is 4.19. The summed E-state index contributed by atoms with van der Waals surface area (Å²) in [5, 5.41) is 5.67. The molecule has 1 saturated carbocycles. The van der Waals surface area contributed by atoms with Gasteiger partial charge in [-0.1, -0.05) is 19.3 Å². The topological polar surface area (TPSA) is 105 Å². The number of hydrogen-bond donors (Lipinski definition) is 2. The summed E-state index contributed by atoms with van der Waals surface area (Å²) in [5.41, 5.74) is 0.333. The fourth-order valence-corrected chi connectivity index (χ4v) is 5.88. The number of fused-ring (bicyclic) bond motifs is 1. The van der Waals surface area contributed by atoms with E-state index in [1.807, 2.05) is 0 Å². The van der Waals surface area contributed by atoms with Crippen LogP contribution in [0.25, 0.3) is 0 Å². The third-order valence-electron chi connectivity index (χ3n) is 5.65. The van der Waals surface area contributed by atoms with Gasteiger partial charge in [0.05, 0.1) is 10.6 Å². The number of carbonyl (C=O) groups is 2. The number of carbonyl (C=O) groups excluding carboxylic acids is 2. The van der Waals surface area contributed by atoms with Crippen LogP contribution in [0.15, 0.2) is 23.1 Å². The molecule has 2 N–H and O–H groups in total. The van der Waals surface area contributed by atoms with Gasteiger partial charge in [-0.3, -0.25) is 9.59 Å². The van der Waals surface area contributed by atoms with Crippen LogP contribution in [0.5, 0.6) is 5.75 Å². The summed E-state index contributed by atoms with van der Waals surface area (Å²) < 4.78 is 33.0. The third kappa shape index (κ3) is 3.73. The molecule has 0 spiro atoms. The average Bonchev–Trinajstić information content (AvgIpc) is 3.19. The van der Waals surface area contributed by atoms with Crippen molar-refractivity contribution in [3.63, 3.8) is 0 Å². The van der Waals surface area contributed by atoms with Gasteiger partial charge in [0.2, 0.25) is 15.9 Å². The van der Waals surface area contributed by atoms with Crippen molar-refractivity contribution < 1.29 is 22.7 Å². The second-order valence-electron chi connectivity index (χ2n) is 7.61. The molecule has 2 fully saturated rings. The van der Waals surface area contributed by atoms with Gasteiger partial charge in [0.1, 0.15) is 11.8 Å². The summed E-state index contributed by atoms with van der Waals surface area (Å²) in [6.07, 6.45) is 6.46. The van der Waals surface area contributed by atoms with Gasteiger partial charge in [0.15, 0.2) is 6.61 Å². The zero-order chi connectivity index (χ0) is 19.7. The van der Waals surface area contributed by atoms with Crippen molar-refractivity contribution in [2.24, 2.45) is 0 Å². The largest absolute Gasteiger partial charge is 0.482 e. The Bertz CT molecular complexity index is 880.